The summed E-state index contributed by atoms with van der Waals surface area (Å²) in [6.45, 7) is 0. The fourth-order valence-electron chi connectivity index (χ4n) is 0.354. The third kappa shape index (κ3) is 1.27. The van der Waals surface area contributed by atoms with Gasteiger partial charge in [0.2, 0.25) is 0 Å². The van der Waals surface area contributed by atoms with E-state index in [1.54, 1.807) is 0 Å². The number of nitrogen functional groups attached to an aromatic ring is 1. The van der Waals surface area contributed by atoms with E-state index in [4.69, 9.17) is 17.3 Å². The highest BCUT2D eigenvalue weighted by Gasteiger charge is 1.98. The molecule has 0 bridgehead atoms. The van der Waals surface area contributed by atoms with Crippen LogP contribution < -0.4 is 5.73 Å². The van der Waals surface area contributed by atoms with Gasteiger partial charge in [0.1, 0.15) is 5.00 Å². The van der Waals surface area contributed by atoms with Crippen molar-refractivity contribution in [3.63, 3.8) is 0 Å². The van der Waals surface area contributed by atoms with Gasteiger partial charge in [0.25, 0.3) is 0 Å². The van der Waals surface area contributed by atoms with Crippen LogP contribution in [0.4, 0.5) is 5.00 Å². The molecule has 2 N–H and O–H groups in total. The Morgan fingerprint density at radius 2 is 2.38 bits per heavy atom. The first-order valence-electron chi connectivity index (χ1n) is 1.90. The van der Waals surface area contributed by atoms with E-state index in [9.17, 15) is 0 Å². The Morgan fingerprint density at radius 3 is 2.50 bits per heavy atom. The van der Waals surface area contributed by atoms with Gasteiger partial charge in [0.15, 0.2) is 0 Å². The molecule has 1 nitrogen and oxygen atoms in total. The number of hydrogen-bond acceptors (Lipinski definition) is 2. The van der Waals surface area contributed by atoms with Crippen molar-refractivity contribution in [1.82, 2.24) is 0 Å². The molecule has 0 aromatic carbocycles. The average Bonchev–Trinajstić information content (AvgIpc) is 1.85. The van der Waals surface area contributed by atoms with Crippen molar-refractivity contribution in [3.8, 4) is 0 Å². The molecule has 0 atom stereocenters. The minimum Gasteiger partial charge on any atom is -0.389 e. The average molecular weight is 259 g/mol. The van der Waals surface area contributed by atoms with Gasteiger partial charge in [-0.1, -0.05) is 11.6 Å². The van der Waals surface area contributed by atoms with Crippen LogP contribution in [0, 0.1) is 2.88 Å². The molecule has 0 aliphatic heterocycles. The lowest BCUT2D eigenvalue weighted by molar-refractivity contribution is 1.91. The molecule has 0 amide bonds. The zero-order valence-corrected chi connectivity index (χ0v) is 7.55. The van der Waals surface area contributed by atoms with Crippen LogP contribution in [-0.2, 0) is 0 Å². The monoisotopic (exact) mass is 259 g/mol. The van der Waals surface area contributed by atoms with Crippen molar-refractivity contribution in [2.75, 3.05) is 5.73 Å². The second-order valence-electron chi connectivity index (χ2n) is 1.26. The minimum atomic E-state index is 0.666. The summed E-state index contributed by atoms with van der Waals surface area (Å²) in [6.07, 6.45) is 0. The van der Waals surface area contributed by atoms with Crippen LogP contribution in [0.3, 0.4) is 0 Å². The summed E-state index contributed by atoms with van der Waals surface area (Å²) in [5.74, 6) is 0. The zero-order chi connectivity index (χ0) is 6.15. The Labute approximate surface area is 70.0 Å². The SMILES string of the molecule is Nc1sc(I)cc1Cl. The van der Waals surface area contributed by atoms with E-state index in [0.29, 0.717) is 10.0 Å². The third-order valence-electron chi connectivity index (χ3n) is 0.683. The highest BCUT2D eigenvalue weighted by molar-refractivity contribution is 14.1. The van der Waals surface area contributed by atoms with E-state index in [2.05, 4.69) is 22.6 Å². The predicted molar refractivity (Wildman–Crippen MR) is 46.5 cm³/mol. The van der Waals surface area contributed by atoms with Crippen molar-refractivity contribution >= 4 is 50.5 Å². The van der Waals surface area contributed by atoms with Gasteiger partial charge >= 0.3 is 0 Å². The molecule has 0 unspecified atom stereocenters. The first kappa shape index (κ1) is 6.64. The number of hydrogen-bond donors (Lipinski definition) is 1. The molecule has 0 fully saturated rings. The minimum absolute atomic E-state index is 0.666. The van der Waals surface area contributed by atoms with Crippen LogP contribution in [0.2, 0.25) is 5.02 Å². The molecular weight excluding hydrogens is 256 g/mol. The molecule has 0 spiro atoms. The van der Waals surface area contributed by atoms with E-state index in [1.165, 1.54) is 11.3 Å². The molecule has 0 saturated heterocycles. The molecule has 1 aromatic rings. The fraction of sp³-hybridized carbons (Fsp3) is 0. The van der Waals surface area contributed by atoms with E-state index in [1.807, 2.05) is 6.07 Å². The Bertz CT molecular complexity index is 178. The van der Waals surface area contributed by atoms with E-state index in [-0.39, 0.29) is 0 Å². The molecule has 4 heteroatoms. The first-order chi connectivity index (χ1) is 3.70. The smallest absolute Gasteiger partial charge is 0.106 e. The van der Waals surface area contributed by atoms with Crippen molar-refractivity contribution in [3.05, 3.63) is 14.0 Å². The van der Waals surface area contributed by atoms with Crippen LogP contribution in [0.25, 0.3) is 0 Å². The molecule has 1 rings (SSSR count). The fourth-order valence-corrected chi connectivity index (χ4v) is 2.39. The van der Waals surface area contributed by atoms with Gasteiger partial charge in [-0.3, -0.25) is 0 Å². The zero-order valence-electron chi connectivity index (χ0n) is 3.82. The molecule has 8 heavy (non-hydrogen) atoms. The first-order valence-corrected chi connectivity index (χ1v) is 4.18. The van der Waals surface area contributed by atoms with E-state index in [0.717, 1.165) is 2.88 Å². The Morgan fingerprint density at radius 1 is 1.75 bits per heavy atom. The van der Waals surface area contributed by atoms with Crippen molar-refractivity contribution in [1.29, 1.82) is 0 Å². The number of anilines is 1. The highest BCUT2D eigenvalue weighted by atomic mass is 127. The maximum Gasteiger partial charge on any atom is 0.106 e. The van der Waals surface area contributed by atoms with Crippen LogP contribution >= 0.6 is 45.5 Å². The van der Waals surface area contributed by atoms with Crippen LogP contribution in [0.5, 0.6) is 0 Å². The Hall–Kier alpha value is 0.520. The van der Waals surface area contributed by atoms with E-state index >= 15 is 0 Å². The standard InChI is InChI=1S/C4H3ClINS/c5-2-1-3(6)8-4(2)7/h1H,7H2. The number of rotatable bonds is 0. The number of nitrogens with two attached hydrogens (primary N) is 1. The summed E-state index contributed by atoms with van der Waals surface area (Å²) in [4.78, 5) is 0. The van der Waals surface area contributed by atoms with Gasteiger partial charge < -0.3 is 5.73 Å². The molecule has 44 valence electrons. The van der Waals surface area contributed by atoms with Crippen LogP contribution in [0.1, 0.15) is 0 Å². The molecule has 0 aliphatic rings. The Balaban J connectivity index is 3.14. The van der Waals surface area contributed by atoms with Gasteiger partial charge in [-0.05, 0) is 28.7 Å². The van der Waals surface area contributed by atoms with Crippen LogP contribution in [-0.4, -0.2) is 0 Å². The maximum absolute atomic E-state index is 5.61. The topological polar surface area (TPSA) is 26.0 Å². The summed E-state index contributed by atoms with van der Waals surface area (Å²) in [7, 11) is 0. The summed E-state index contributed by atoms with van der Waals surface area (Å²) in [5, 5.41) is 1.37. The molecular formula is C4H3ClINS. The van der Waals surface area contributed by atoms with Gasteiger partial charge in [0.05, 0.1) is 7.91 Å². The summed E-state index contributed by atoms with van der Waals surface area (Å²) in [5.41, 5.74) is 5.42. The van der Waals surface area contributed by atoms with Gasteiger partial charge in [-0.25, -0.2) is 0 Å². The quantitative estimate of drug-likeness (QED) is 0.712. The summed E-state index contributed by atoms with van der Waals surface area (Å²) < 4.78 is 1.13. The van der Waals surface area contributed by atoms with Crippen molar-refractivity contribution in [2.24, 2.45) is 0 Å². The van der Waals surface area contributed by atoms with Crippen LogP contribution in [0.15, 0.2) is 6.07 Å². The second-order valence-corrected chi connectivity index (χ2v) is 4.65. The summed E-state index contributed by atoms with van der Waals surface area (Å²) in [6, 6.07) is 1.85. The second kappa shape index (κ2) is 2.41. The largest absolute Gasteiger partial charge is 0.389 e. The molecule has 1 heterocycles. The molecule has 1 aromatic heterocycles. The maximum atomic E-state index is 5.61. The molecule has 0 saturated carbocycles. The third-order valence-corrected chi connectivity index (χ3v) is 2.83. The molecule has 0 aliphatic carbocycles. The van der Waals surface area contributed by atoms with Gasteiger partial charge in [0, 0.05) is 0 Å². The molecule has 0 radical (unpaired) electrons. The number of halogens is 2. The normalized spacial score (nSPS) is 9.75. The lowest BCUT2D eigenvalue weighted by Gasteiger charge is -1.78. The van der Waals surface area contributed by atoms with Gasteiger partial charge in [-0.2, -0.15) is 0 Å². The van der Waals surface area contributed by atoms with Crippen molar-refractivity contribution < 1.29 is 0 Å². The van der Waals surface area contributed by atoms with E-state index < -0.39 is 0 Å². The van der Waals surface area contributed by atoms with Crippen molar-refractivity contribution in [2.45, 2.75) is 0 Å². The number of thiophene rings is 1. The lowest BCUT2D eigenvalue weighted by Crippen LogP contribution is -1.75. The lowest BCUT2D eigenvalue weighted by atomic mass is 10.6. The Kier molecular flexibility index (Phi) is 2.00. The van der Waals surface area contributed by atoms with Gasteiger partial charge in [-0.15, -0.1) is 11.3 Å². The predicted octanol–water partition coefficient (Wildman–Crippen LogP) is 2.59. The summed E-state index contributed by atoms with van der Waals surface area (Å²) >= 11 is 9.29. The highest BCUT2D eigenvalue weighted by Crippen LogP contribution is 2.29.